The van der Waals surface area contributed by atoms with Crippen molar-refractivity contribution in [3.63, 3.8) is 0 Å². The Bertz CT molecular complexity index is 444. The summed E-state index contributed by atoms with van der Waals surface area (Å²) in [6, 6.07) is 3.81. The van der Waals surface area contributed by atoms with Gasteiger partial charge in [0.05, 0.1) is 0 Å². The number of hydrogen-bond acceptors (Lipinski definition) is 2. The maximum absolute atomic E-state index is 11.7. The first-order valence-electron chi connectivity index (χ1n) is 5.41. The standard InChI is InChI=1S/C13H15BrO2/c1-13(2,3)16-8-6-10-9(11(14)7-8)4-5-12(10)15/h6-7H,4-5H2,1-3H3. The highest BCUT2D eigenvalue weighted by atomic mass is 79.9. The van der Waals surface area contributed by atoms with Crippen LogP contribution in [-0.4, -0.2) is 11.4 Å². The van der Waals surface area contributed by atoms with Crippen LogP contribution in [0.5, 0.6) is 5.75 Å². The van der Waals surface area contributed by atoms with Crippen LogP contribution in [0.2, 0.25) is 0 Å². The van der Waals surface area contributed by atoms with Crippen LogP contribution in [0, 0.1) is 0 Å². The molecule has 0 aromatic heterocycles. The molecule has 0 saturated carbocycles. The van der Waals surface area contributed by atoms with Crippen molar-refractivity contribution in [3.8, 4) is 5.75 Å². The molecular formula is C13H15BrO2. The second kappa shape index (κ2) is 3.88. The van der Waals surface area contributed by atoms with Crippen LogP contribution < -0.4 is 4.74 Å². The fourth-order valence-electron chi connectivity index (χ4n) is 1.90. The quantitative estimate of drug-likeness (QED) is 0.784. The van der Waals surface area contributed by atoms with Gasteiger partial charge in [0, 0.05) is 16.5 Å². The minimum absolute atomic E-state index is 0.218. The topological polar surface area (TPSA) is 26.3 Å². The number of ether oxygens (including phenoxy) is 1. The molecule has 0 heterocycles. The molecule has 0 unspecified atom stereocenters. The van der Waals surface area contributed by atoms with E-state index in [4.69, 9.17) is 4.74 Å². The Morgan fingerprint density at radius 3 is 2.56 bits per heavy atom. The molecule has 0 atom stereocenters. The molecule has 0 N–H and O–H groups in total. The lowest BCUT2D eigenvalue weighted by molar-refractivity contribution is 0.0991. The first kappa shape index (κ1) is 11.6. The van der Waals surface area contributed by atoms with Crippen molar-refractivity contribution in [2.75, 3.05) is 0 Å². The van der Waals surface area contributed by atoms with Gasteiger partial charge in [0.1, 0.15) is 11.4 Å². The van der Waals surface area contributed by atoms with Gasteiger partial charge in [0.25, 0.3) is 0 Å². The van der Waals surface area contributed by atoms with Crippen molar-refractivity contribution in [3.05, 3.63) is 27.7 Å². The molecule has 1 aromatic carbocycles. The van der Waals surface area contributed by atoms with Crippen molar-refractivity contribution in [2.45, 2.75) is 39.2 Å². The third-order valence-electron chi connectivity index (χ3n) is 2.50. The third kappa shape index (κ3) is 2.29. The second-order valence-corrected chi connectivity index (χ2v) is 5.92. The summed E-state index contributed by atoms with van der Waals surface area (Å²) in [6.45, 7) is 5.99. The van der Waals surface area contributed by atoms with E-state index >= 15 is 0 Å². The fraction of sp³-hybridized carbons (Fsp3) is 0.462. The van der Waals surface area contributed by atoms with Gasteiger partial charge < -0.3 is 4.74 Å². The molecule has 2 rings (SSSR count). The van der Waals surface area contributed by atoms with Crippen LogP contribution in [0.4, 0.5) is 0 Å². The molecule has 1 aliphatic carbocycles. The molecule has 16 heavy (non-hydrogen) atoms. The SMILES string of the molecule is CC(C)(C)Oc1cc(Br)c2c(c1)C(=O)CC2. The summed E-state index contributed by atoms with van der Waals surface area (Å²) in [7, 11) is 0. The average molecular weight is 283 g/mol. The minimum atomic E-state index is -0.241. The predicted molar refractivity (Wildman–Crippen MR) is 67.2 cm³/mol. The number of Topliss-reactive ketones (excluding diaryl/α,β-unsaturated/α-hetero) is 1. The molecule has 86 valence electrons. The maximum atomic E-state index is 11.7. The Kier molecular flexibility index (Phi) is 2.82. The van der Waals surface area contributed by atoms with Gasteiger partial charge in [-0.1, -0.05) is 15.9 Å². The highest BCUT2D eigenvalue weighted by Gasteiger charge is 2.23. The molecule has 0 bridgehead atoms. The normalized spacial score (nSPS) is 15.1. The van der Waals surface area contributed by atoms with Crippen LogP contribution in [0.25, 0.3) is 0 Å². The van der Waals surface area contributed by atoms with Gasteiger partial charge in [0.15, 0.2) is 5.78 Å². The van der Waals surface area contributed by atoms with Gasteiger partial charge in [-0.3, -0.25) is 4.79 Å². The van der Waals surface area contributed by atoms with Crippen LogP contribution >= 0.6 is 15.9 Å². The highest BCUT2D eigenvalue weighted by Crippen LogP contribution is 2.34. The van der Waals surface area contributed by atoms with E-state index < -0.39 is 0 Å². The Hall–Kier alpha value is -0.830. The van der Waals surface area contributed by atoms with E-state index in [1.807, 2.05) is 32.9 Å². The zero-order valence-electron chi connectivity index (χ0n) is 9.76. The number of halogens is 1. The van der Waals surface area contributed by atoms with E-state index in [2.05, 4.69) is 15.9 Å². The van der Waals surface area contributed by atoms with Crippen molar-refractivity contribution >= 4 is 21.7 Å². The van der Waals surface area contributed by atoms with Gasteiger partial charge in [-0.2, -0.15) is 0 Å². The second-order valence-electron chi connectivity index (χ2n) is 5.07. The van der Waals surface area contributed by atoms with Crippen LogP contribution in [-0.2, 0) is 6.42 Å². The number of ketones is 1. The summed E-state index contributed by atoms with van der Waals surface area (Å²) in [5, 5.41) is 0. The third-order valence-corrected chi connectivity index (χ3v) is 3.20. The van der Waals surface area contributed by atoms with E-state index in [-0.39, 0.29) is 11.4 Å². The number of fused-ring (bicyclic) bond motifs is 1. The Morgan fingerprint density at radius 2 is 1.94 bits per heavy atom. The van der Waals surface area contributed by atoms with Crippen molar-refractivity contribution in [1.29, 1.82) is 0 Å². The molecule has 0 saturated heterocycles. The first-order valence-corrected chi connectivity index (χ1v) is 6.21. The lowest BCUT2D eigenvalue weighted by Gasteiger charge is -2.22. The average Bonchev–Trinajstić information content (AvgIpc) is 2.45. The summed E-state index contributed by atoms with van der Waals surface area (Å²) in [6.07, 6.45) is 1.46. The summed E-state index contributed by atoms with van der Waals surface area (Å²) < 4.78 is 6.76. The lowest BCUT2D eigenvalue weighted by Crippen LogP contribution is -2.23. The van der Waals surface area contributed by atoms with Gasteiger partial charge in [-0.15, -0.1) is 0 Å². The fourth-order valence-corrected chi connectivity index (χ4v) is 2.54. The van der Waals surface area contributed by atoms with Gasteiger partial charge in [0.2, 0.25) is 0 Å². The number of carbonyl (C=O) groups is 1. The molecule has 0 spiro atoms. The Labute approximate surface area is 104 Å². The molecule has 0 radical (unpaired) electrons. The largest absolute Gasteiger partial charge is 0.488 e. The molecule has 0 fully saturated rings. The number of hydrogen-bond donors (Lipinski definition) is 0. The van der Waals surface area contributed by atoms with E-state index in [1.165, 1.54) is 0 Å². The molecule has 2 nitrogen and oxygen atoms in total. The summed E-state index contributed by atoms with van der Waals surface area (Å²) in [5.41, 5.74) is 1.69. The van der Waals surface area contributed by atoms with E-state index in [0.717, 1.165) is 27.8 Å². The number of rotatable bonds is 1. The smallest absolute Gasteiger partial charge is 0.163 e. The van der Waals surface area contributed by atoms with Crippen molar-refractivity contribution < 1.29 is 9.53 Å². The molecule has 3 heteroatoms. The number of benzene rings is 1. The van der Waals surface area contributed by atoms with E-state index in [1.54, 1.807) is 0 Å². The molecule has 1 aliphatic rings. The molecule has 0 aliphatic heterocycles. The molecular weight excluding hydrogens is 268 g/mol. The summed E-state index contributed by atoms with van der Waals surface area (Å²) in [4.78, 5) is 11.7. The van der Waals surface area contributed by atoms with E-state index in [9.17, 15) is 4.79 Å². The van der Waals surface area contributed by atoms with Crippen molar-refractivity contribution in [1.82, 2.24) is 0 Å². The zero-order valence-corrected chi connectivity index (χ0v) is 11.3. The predicted octanol–water partition coefficient (Wildman–Crippen LogP) is 3.76. The first-order chi connectivity index (χ1) is 7.37. The maximum Gasteiger partial charge on any atom is 0.163 e. The lowest BCUT2D eigenvalue weighted by atomic mass is 10.1. The van der Waals surface area contributed by atoms with Gasteiger partial charge in [-0.05, 0) is 44.9 Å². The van der Waals surface area contributed by atoms with Gasteiger partial charge >= 0.3 is 0 Å². The monoisotopic (exact) mass is 282 g/mol. The van der Waals surface area contributed by atoms with Gasteiger partial charge in [-0.25, -0.2) is 0 Å². The van der Waals surface area contributed by atoms with Crippen LogP contribution in [0.1, 0.15) is 43.1 Å². The Morgan fingerprint density at radius 1 is 1.25 bits per heavy atom. The zero-order chi connectivity index (χ0) is 11.9. The minimum Gasteiger partial charge on any atom is -0.488 e. The summed E-state index contributed by atoms with van der Waals surface area (Å²) >= 11 is 3.50. The number of carbonyl (C=O) groups excluding carboxylic acids is 1. The van der Waals surface area contributed by atoms with Crippen molar-refractivity contribution in [2.24, 2.45) is 0 Å². The van der Waals surface area contributed by atoms with E-state index in [0.29, 0.717) is 6.42 Å². The highest BCUT2D eigenvalue weighted by molar-refractivity contribution is 9.10. The van der Waals surface area contributed by atoms with Crippen LogP contribution in [0.3, 0.4) is 0 Å². The molecule has 1 aromatic rings. The summed E-state index contributed by atoms with van der Waals surface area (Å²) in [5.74, 6) is 0.975. The Balaban J connectivity index is 2.40. The van der Waals surface area contributed by atoms with Crippen LogP contribution in [0.15, 0.2) is 16.6 Å². The molecule has 0 amide bonds.